The summed E-state index contributed by atoms with van der Waals surface area (Å²) in [6.07, 6.45) is 0.455. The Morgan fingerprint density at radius 1 is 0.966 bits per heavy atom. The molecule has 0 aromatic rings. The van der Waals surface area contributed by atoms with Gasteiger partial charge in [-0.1, -0.05) is 11.2 Å². The van der Waals surface area contributed by atoms with Gasteiger partial charge in [-0.15, -0.1) is 0 Å². The number of carbonyl (C=O) groups excluding carboxylic acids is 4. The van der Waals surface area contributed by atoms with Gasteiger partial charge in [0.05, 0.1) is 25.7 Å². The van der Waals surface area contributed by atoms with E-state index in [9.17, 15) is 28.5 Å². The summed E-state index contributed by atoms with van der Waals surface area (Å²) in [7, 11) is 0. The standard InChI is InChI=1S/C15H28N5O8S/c1-8(21)13(16)14(25)19-6-11(23)17-5-10(22)18-7-12(24)20-9(15(26)27)3-4-29(2)28/h8-9,13,21,28H,3-7,16H2,1-2H3,(H,17,23)(H,18,22)(H,19,25)(H,20,24)(H,26,27)/t8-,9+,13+/m1/s1. The van der Waals surface area contributed by atoms with Gasteiger partial charge in [-0.3, -0.25) is 19.2 Å². The highest BCUT2D eigenvalue weighted by Gasteiger charge is 2.21. The van der Waals surface area contributed by atoms with Gasteiger partial charge in [0.2, 0.25) is 23.6 Å². The molecule has 0 heterocycles. The van der Waals surface area contributed by atoms with Gasteiger partial charge in [0, 0.05) is 5.75 Å². The number of nitrogens with one attached hydrogen (secondary N) is 4. The van der Waals surface area contributed by atoms with Gasteiger partial charge in [0.15, 0.2) is 0 Å². The van der Waals surface area contributed by atoms with Crippen molar-refractivity contribution in [2.45, 2.75) is 31.5 Å². The molecule has 13 nitrogen and oxygen atoms in total. The van der Waals surface area contributed by atoms with Crippen LogP contribution in [-0.2, 0) is 24.0 Å². The summed E-state index contributed by atoms with van der Waals surface area (Å²) in [5, 5.41) is 27.0. The van der Waals surface area contributed by atoms with E-state index in [-0.39, 0.29) is 12.2 Å². The molecule has 0 aliphatic carbocycles. The lowest BCUT2D eigenvalue weighted by Gasteiger charge is -2.16. The van der Waals surface area contributed by atoms with Crippen LogP contribution in [0.15, 0.2) is 0 Å². The van der Waals surface area contributed by atoms with E-state index in [0.29, 0.717) is 0 Å². The van der Waals surface area contributed by atoms with Crippen molar-refractivity contribution in [1.82, 2.24) is 21.3 Å². The van der Waals surface area contributed by atoms with Crippen molar-refractivity contribution in [1.29, 1.82) is 0 Å². The van der Waals surface area contributed by atoms with E-state index in [0.717, 1.165) is 0 Å². The minimum atomic E-state index is -1.26. The Kier molecular flexibility index (Phi) is 12.6. The van der Waals surface area contributed by atoms with Crippen molar-refractivity contribution in [3.63, 3.8) is 0 Å². The Balaban J connectivity index is 4.16. The minimum Gasteiger partial charge on any atom is -0.480 e. The maximum Gasteiger partial charge on any atom is 0.326 e. The van der Waals surface area contributed by atoms with Crippen LogP contribution in [-0.4, -0.2) is 94.2 Å². The van der Waals surface area contributed by atoms with Gasteiger partial charge in [-0.25, -0.2) is 4.79 Å². The van der Waals surface area contributed by atoms with Crippen molar-refractivity contribution >= 4 is 40.8 Å². The molecule has 14 heteroatoms. The molecule has 0 aliphatic heterocycles. The maximum absolute atomic E-state index is 11.7. The monoisotopic (exact) mass is 438 g/mol. The first kappa shape index (κ1) is 26.6. The smallest absolute Gasteiger partial charge is 0.326 e. The molecule has 0 unspecified atom stereocenters. The number of carbonyl (C=O) groups is 5. The molecule has 0 rings (SSSR count). The third-order valence-electron chi connectivity index (χ3n) is 3.47. The summed E-state index contributed by atoms with van der Waals surface area (Å²) in [4.78, 5) is 57.5. The van der Waals surface area contributed by atoms with Crippen LogP contribution < -0.4 is 27.0 Å². The molecule has 0 aromatic heterocycles. The number of amides is 4. The van der Waals surface area contributed by atoms with Crippen LogP contribution >= 0.6 is 11.2 Å². The molecule has 0 bridgehead atoms. The third kappa shape index (κ3) is 12.6. The normalized spacial score (nSPS) is 13.7. The predicted octanol–water partition coefficient (Wildman–Crippen LogP) is -3.63. The van der Waals surface area contributed by atoms with Gasteiger partial charge >= 0.3 is 5.97 Å². The number of carboxylic acids is 1. The predicted molar refractivity (Wildman–Crippen MR) is 104 cm³/mol. The van der Waals surface area contributed by atoms with Crippen LogP contribution in [0.25, 0.3) is 0 Å². The number of aliphatic carboxylic acids is 1. The molecular weight excluding hydrogens is 410 g/mol. The SMILES string of the molecule is C[C@@H](O)[C@H](N)C(=O)NCC(=O)NCC(=O)NCC(=O)N[C@@H](CC[S](C)O)C(=O)O. The molecule has 0 saturated heterocycles. The van der Waals surface area contributed by atoms with E-state index in [4.69, 9.17) is 15.9 Å². The highest BCUT2D eigenvalue weighted by molar-refractivity contribution is 8.11. The van der Waals surface area contributed by atoms with Crippen molar-refractivity contribution in [2.24, 2.45) is 5.73 Å². The van der Waals surface area contributed by atoms with Crippen molar-refractivity contribution < 1.29 is 38.7 Å². The number of hydrogen-bond donors (Lipinski definition) is 8. The fourth-order valence-electron chi connectivity index (χ4n) is 1.78. The lowest BCUT2D eigenvalue weighted by atomic mass is 10.2. The van der Waals surface area contributed by atoms with Gasteiger partial charge in [0.1, 0.15) is 12.1 Å². The highest BCUT2D eigenvalue weighted by Crippen LogP contribution is 2.14. The van der Waals surface area contributed by atoms with Gasteiger partial charge in [0.25, 0.3) is 0 Å². The average molecular weight is 438 g/mol. The van der Waals surface area contributed by atoms with Crippen molar-refractivity contribution in [2.75, 3.05) is 31.6 Å². The number of nitrogens with two attached hydrogens (primary N) is 1. The largest absolute Gasteiger partial charge is 0.480 e. The number of aliphatic hydroxyl groups is 1. The maximum atomic E-state index is 11.7. The molecule has 3 atom stereocenters. The van der Waals surface area contributed by atoms with Crippen LogP contribution in [0.5, 0.6) is 0 Å². The van der Waals surface area contributed by atoms with Crippen molar-refractivity contribution in [3.8, 4) is 0 Å². The second-order valence-electron chi connectivity index (χ2n) is 6.09. The number of hydrogen-bond acceptors (Lipinski definition) is 8. The quantitative estimate of drug-likeness (QED) is 0.142. The van der Waals surface area contributed by atoms with Crippen LogP contribution in [0.1, 0.15) is 13.3 Å². The highest BCUT2D eigenvalue weighted by atomic mass is 32.2. The summed E-state index contributed by atoms with van der Waals surface area (Å²) in [6, 6.07) is -2.39. The lowest BCUT2D eigenvalue weighted by molar-refractivity contribution is -0.141. The topological polar surface area (TPSA) is 220 Å². The number of carboxylic acid groups (broad SMARTS) is 1. The van der Waals surface area contributed by atoms with Crippen LogP contribution in [0, 0.1) is 0 Å². The Hall–Kier alpha value is -2.42. The number of rotatable bonds is 13. The first-order chi connectivity index (χ1) is 13.4. The zero-order valence-corrected chi connectivity index (χ0v) is 17.0. The first-order valence-electron chi connectivity index (χ1n) is 8.52. The molecule has 1 radical (unpaired) electrons. The molecule has 0 aliphatic rings. The Morgan fingerprint density at radius 3 is 1.90 bits per heavy atom. The average Bonchev–Trinajstić information content (AvgIpc) is 2.64. The Labute approximate surface area is 170 Å². The summed E-state index contributed by atoms with van der Waals surface area (Å²) in [6.45, 7) is -0.125. The summed E-state index contributed by atoms with van der Waals surface area (Å²) in [5.41, 5.74) is 5.38. The van der Waals surface area contributed by atoms with Gasteiger partial charge in [-0.2, -0.15) is 0 Å². The zero-order valence-electron chi connectivity index (χ0n) is 16.1. The van der Waals surface area contributed by atoms with E-state index >= 15 is 0 Å². The molecule has 29 heavy (non-hydrogen) atoms. The van der Waals surface area contributed by atoms with E-state index in [1.165, 1.54) is 13.2 Å². The third-order valence-corrected chi connectivity index (χ3v) is 4.30. The van der Waals surface area contributed by atoms with E-state index in [1.54, 1.807) is 0 Å². The molecule has 0 aromatic carbocycles. The molecular formula is C15H28N5O8S. The minimum absolute atomic E-state index is 0.0334. The zero-order chi connectivity index (χ0) is 22.6. The van der Waals surface area contributed by atoms with Gasteiger partial charge in [-0.05, 0) is 19.6 Å². The Morgan fingerprint density at radius 2 is 1.45 bits per heavy atom. The van der Waals surface area contributed by atoms with E-state index < -0.39 is 78.6 Å². The summed E-state index contributed by atoms with van der Waals surface area (Å²) < 4.78 is 9.21. The second kappa shape index (κ2) is 13.7. The Bertz CT molecular complexity index is 601. The molecule has 0 spiro atoms. The molecule has 167 valence electrons. The second-order valence-corrected chi connectivity index (χ2v) is 7.70. The lowest BCUT2D eigenvalue weighted by Crippen LogP contribution is -2.50. The fraction of sp³-hybridized carbons (Fsp3) is 0.667. The molecule has 9 N–H and O–H groups in total. The summed E-state index contributed by atoms with van der Waals surface area (Å²) in [5.74, 6) is -3.95. The van der Waals surface area contributed by atoms with Crippen LogP contribution in [0.3, 0.4) is 0 Å². The molecule has 0 fully saturated rings. The van der Waals surface area contributed by atoms with Gasteiger partial charge < -0.3 is 41.8 Å². The van der Waals surface area contributed by atoms with E-state index in [2.05, 4.69) is 21.3 Å². The van der Waals surface area contributed by atoms with Crippen LogP contribution in [0.2, 0.25) is 0 Å². The van der Waals surface area contributed by atoms with E-state index in [1.807, 2.05) is 0 Å². The van der Waals surface area contributed by atoms with Crippen molar-refractivity contribution in [3.05, 3.63) is 0 Å². The molecule has 0 saturated carbocycles. The fourth-order valence-corrected chi connectivity index (χ4v) is 2.36. The number of aliphatic hydroxyl groups excluding tert-OH is 1. The summed E-state index contributed by atoms with van der Waals surface area (Å²) >= 11 is -0.966. The first-order valence-corrected chi connectivity index (χ1v) is 10.3. The molecule has 4 amide bonds. The van der Waals surface area contributed by atoms with Crippen LogP contribution in [0.4, 0.5) is 0 Å².